The highest BCUT2D eigenvalue weighted by Crippen LogP contribution is 2.21. The van der Waals surface area contributed by atoms with E-state index in [1.165, 1.54) is 38.2 Å². The Bertz CT molecular complexity index is 493. The van der Waals surface area contributed by atoms with Gasteiger partial charge in [0.1, 0.15) is 12.2 Å². The Balaban J connectivity index is 2.80. The average molecular weight is 326 g/mol. The molecule has 1 aliphatic rings. The van der Waals surface area contributed by atoms with Gasteiger partial charge in [-0.1, -0.05) is 6.08 Å². The predicted octanol–water partition coefficient (Wildman–Crippen LogP) is 1.05. The van der Waals surface area contributed by atoms with Gasteiger partial charge in [-0.3, -0.25) is 9.59 Å². The number of aliphatic hydroxyl groups excluding tert-OH is 1. The van der Waals surface area contributed by atoms with Crippen LogP contribution in [0.25, 0.3) is 0 Å². The Morgan fingerprint density at radius 1 is 1.35 bits per heavy atom. The van der Waals surface area contributed by atoms with Crippen LogP contribution in [0.4, 0.5) is 0 Å². The molecule has 23 heavy (non-hydrogen) atoms. The summed E-state index contributed by atoms with van der Waals surface area (Å²) in [6.07, 6.45) is 3.08. The second-order valence-electron chi connectivity index (χ2n) is 5.17. The first kappa shape index (κ1) is 18.9. The topological polar surface area (TPSA) is 99.1 Å². The zero-order valence-electron chi connectivity index (χ0n) is 13.4. The van der Waals surface area contributed by atoms with Crippen molar-refractivity contribution >= 4 is 17.9 Å². The summed E-state index contributed by atoms with van der Waals surface area (Å²) in [6, 6.07) is 0. The predicted molar refractivity (Wildman–Crippen MR) is 80.2 cm³/mol. The molecule has 1 saturated heterocycles. The number of ether oxygens (including phenoxy) is 3. The Labute approximate surface area is 134 Å². The molecule has 0 bridgehead atoms. The summed E-state index contributed by atoms with van der Waals surface area (Å²) in [5.74, 6) is -1.48. The van der Waals surface area contributed by atoms with Crippen molar-refractivity contribution in [3.63, 3.8) is 0 Å². The third-order valence-electron chi connectivity index (χ3n) is 3.11. The molecule has 7 heteroatoms. The van der Waals surface area contributed by atoms with Crippen LogP contribution in [0.15, 0.2) is 24.3 Å². The van der Waals surface area contributed by atoms with Gasteiger partial charge in [0.15, 0.2) is 6.10 Å². The van der Waals surface area contributed by atoms with Crippen molar-refractivity contribution in [2.75, 3.05) is 0 Å². The number of hydrogen-bond acceptors (Lipinski definition) is 7. The normalized spacial score (nSPS) is 21.9. The third-order valence-corrected chi connectivity index (χ3v) is 3.11. The fourth-order valence-corrected chi connectivity index (χ4v) is 2.04. The van der Waals surface area contributed by atoms with Gasteiger partial charge in [-0.05, 0) is 32.4 Å². The Morgan fingerprint density at radius 2 is 2.04 bits per heavy atom. The van der Waals surface area contributed by atoms with Crippen molar-refractivity contribution in [2.24, 2.45) is 0 Å². The van der Waals surface area contributed by atoms with Crippen molar-refractivity contribution < 1.29 is 33.7 Å². The van der Waals surface area contributed by atoms with Crippen molar-refractivity contribution in [1.82, 2.24) is 0 Å². The van der Waals surface area contributed by atoms with E-state index >= 15 is 0 Å². The van der Waals surface area contributed by atoms with Crippen LogP contribution in [0.2, 0.25) is 0 Å². The molecule has 4 unspecified atom stereocenters. The molecule has 1 heterocycles. The standard InChI is InChI=1S/C16H22O7/c1-4-5-15(19)22-12(10(2)17)6-7-13(21-11(3)18)14-8-9-16(20)23-14/h4-7,10,12-14,17H,8-9H2,1-3H3. The lowest BCUT2D eigenvalue weighted by Gasteiger charge is -2.21. The van der Waals surface area contributed by atoms with Gasteiger partial charge in [0, 0.05) is 19.4 Å². The first-order chi connectivity index (χ1) is 10.8. The molecular formula is C16H22O7. The molecule has 7 nitrogen and oxygen atoms in total. The molecule has 0 radical (unpaired) electrons. The SMILES string of the molecule is CC=CC(=O)OC(C=CC(OC(C)=O)C1CCC(=O)O1)C(C)O. The smallest absolute Gasteiger partial charge is 0.331 e. The molecule has 4 atom stereocenters. The summed E-state index contributed by atoms with van der Waals surface area (Å²) in [5.41, 5.74) is 0. The minimum Gasteiger partial charge on any atom is -0.458 e. The van der Waals surface area contributed by atoms with Gasteiger partial charge in [0.2, 0.25) is 0 Å². The van der Waals surface area contributed by atoms with Crippen LogP contribution in [0.5, 0.6) is 0 Å². The molecular weight excluding hydrogens is 304 g/mol. The summed E-state index contributed by atoms with van der Waals surface area (Å²) in [5, 5.41) is 9.69. The number of carbonyl (C=O) groups is 3. The fraction of sp³-hybridized carbons (Fsp3) is 0.562. The van der Waals surface area contributed by atoms with Crippen LogP contribution in [-0.2, 0) is 28.6 Å². The number of esters is 3. The van der Waals surface area contributed by atoms with Crippen molar-refractivity contribution in [3.05, 3.63) is 24.3 Å². The van der Waals surface area contributed by atoms with Crippen LogP contribution >= 0.6 is 0 Å². The maximum absolute atomic E-state index is 11.5. The van der Waals surface area contributed by atoms with Crippen molar-refractivity contribution in [3.8, 4) is 0 Å². The van der Waals surface area contributed by atoms with Gasteiger partial charge in [0.25, 0.3) is 0 Å². The molecule has 1 aliphatic heterocycles. The van der Waals surface area contributed by atoms with Gasteiger partial charge < -0.3 is 19.3 Å². The highest BCUT2D eigenvalue weighted by atomic mass is 16.6. The fourth-order valence-electron chi connectivity index (χ4n) is 2.04. The lowest BCUT2D eigenvalue weighted by atomic mass is 10.1. The minimum atomic E-state index is -0.954. The quantitative estimate of drug-likeness (QED) is 0.323. The maximum atomic E-state index is 11.5. The van der Waals surface area contributed by atoms with Crippen LogP contribution in [0.3, 0.4) is 0 Å². The number of aliphatic hydroxyl groups is 1. The molecule has 1 N–H and O–H groups in total. The van der Waals surface area contributed by atoms with Crippen molar-refractivity contribution in [2.45, 2.75) is 58.0 Å². The van der Waals surface area contributed by atoms with E-state index in [0.717, 1.165) is 0 Å². The average Bonchev–Trinajstić information content (AvgIpc) is 2.88. The number of hydrogen-bond donors (Lipinski definition) is 1. The molecule has 1 rings (SSSR count). The van der Waals surface area contributed by atoms with Crippen LogP contribution in [0.1, 0.15) is 33.6 Å². The van der Waals surface area contributed by atoms with Gasteiger partial charge in [0.05, 0.1) is 6.10 Å². The molecule has 1 fully saturated rings. The molecule has 0 aromatic carbocycles. The highest BCUT2D eigenvalue weighted by Gasteiger charge is 2.32. The summed E-state index contributed by atoms with van der Waals surface area (Å²) >= 11 is 0. The number of allylic oxidation sites excluding steroid dienone is 1. The third kappa shape index (κ3) is 6.65. The zero-order chi connectivity index (χ0) is 17.4. The highest BCUT2D eigenvalue weighted by molar-refractivity contribution is 5.82. The minimum absolute atomic E-state index is 0.256. The second-order valence-corrected chi connectivity index (χ2v) is 5.17. The largest absolute Gasteiger partial charge is 0.458 e. The summed E-state index contributed by atoms with van der Waals surface area (Å²) < 4.78 is 15.3. The molecule has 0 amide bonds. The molecule has 0 aliphatic carbocycles. The van der Waals surface area contributed by atoms with E-state index in [0.29, 0.717) is 6.42 Å². The Hall–Kier alpha value is -2.15. The van der Waals surface area contributed by atoms with E-state index in [9.17, 15) is 19.5 Å². The number of rotatable bonds is 7. The van der Waals surface area contributed by atoms with E-state index in [4.69, 9.17) is 14.2 Å². The van der Waals surface area contributed by atoms with E-state index in [-0.39, 0.29) is 12.4 Å². The van der Waals surface area contributed by atoms with E-state index in [1.807, 2.05) is 0 Å². The van der Waals surface area contributed by atoms with Gasteiger partial charge in [-0.15, -0.1) is 0 Å². The summed E-state index contributed by atoms with van der Waals surface area (Å²) in [6.45, 7) is 4.38. The lowest BCUT2D eigenvalue weighted by molar-refractivity contribution is -0.156. The first-order valence-corrected chi connectivity index (χ1v) is 7.40. The Morgan fingerprint density at radius 3 is 2.52 bits per heavy atom. The zero-order valence-corrected chi connectivity index (χ0v) is 13.4. The summed E-state index contributed by atoms with van der Waals surface area (Å²) in [7, 11) is 0. The maximum Gasteiger partial charge on any atom is 0.331 e. The molecule has 0 saturated carbocycles. The number of cyclic esters (lactones) is 1. The van der Waals surface area contributed by atoms with Crippen LogP contribution in [-0.4, -0.2) is 47.4 Å². The molecule has 0 aromatic heterocycles. The van der Waals surface area contributed by atoms with Gasteiger partial charge in [-0.2, -0.15) is 0 Å². The summed E-state index contributed by atoms with van der Waals surface area (Å²) in [4.78, 5) is 33.9. The van der Waals surface area contributed by atoms with E-state index in [2.05, 4.69) is 0 Å². The van der Waals surface area contributed by atoms with Crippen LogP contribution < -0.4 is 0 Å². The van der Waals surface area contributed by atoms with Crippen LogP contribution in [0, 0.1) is 0 Å². The van der Waals surface area contributed by atoms with Gasteiger partial charge in [-0.25, -0.2) is 4.79 Å². The lowest BCUT2D eigenvalue weighted by Crippen LogP contribution is -2.31. The van der Waals surface area contributed by atoms with Gasteiger partial charge >= 0.3 is 17.9 Å². The van der Waals surface area contributed by atoms with E-state index < -0.39 is 36.4 Å². The second kappa shape index (κ2) is 9.09. The van der Waals surface area contributed by atoms with E-state index in [1.54, 1.807) is 6.92 Å². The Kier molecular flexibility index (Phi) is 7.47. The molecule has 0 spiro atoms. The monoisotopic (exact) mass is 326 g/mol. The van der Waals surface area contributed by atoms with Crippen molar-refractivity contribution in [1.29, 1.82) is 0 Å². The molecule has 0 aromatic rings. The number of carbonyl (C=O) groups excluding carboxylic acids is 3. The first-order valence-electron chi connectivity index (χ1n) is 7.40. The molecule has 128 valence electrons.